The smallest absolute Gasteiger partial charge is 0.235 e. The third kappa shape index (κ3) is 3.37. The number of ether oxygens (including phenoxy) is 2. The zero-order valence-corrected chi connectivity index (χ0v) is 12.4. The van der Waals surface area contributed by atoms with Gasteiger partial charge in [0.1, 0.15) is 29.3 Å². The van der Waals surface area contributed by atoms with Crippen LogP contribution >= 0.6 is 23.2 Å². The largest absolute Gasteiger partial charge is 0.490 e. The van der Waals surface area contributed by atoms with Gasteiger partial charge in [-0.1, -0.05) is 41.4 Å². The second-order valence-electron chi connectivity index (χ2n) is 4.16. The minimum atomic E-state index is 0.311. The van der Waals surface area contributed by atoms with E-state index in [0.717, 1.165) is 5.75 Å². The van der Waals surface area contributed by atoms with Gasteiger partial charge in [0.2, 0.25) is 5.88 Å². The number of nitrogens with zero attached hydrogens (tertiary/aromatic N) is 3. The fourth-order valence-corrected chi connectivity index (χ4v) is 2.25. The van der Waals surface area contributed by atoms with E-state index in [9.17, 15) is 0 Å². The van der Waals surface area contributed by atoms with Crippen LogP contribution in [-0.2, 0) is 0 Å². The molecule has 3 rings (SSSR count). The lowest BCUT2D eigenvalue weighted by Gasteiger charge is -2.05. The van der Waals surface area contributed by atoms with Gasteiger partial charge in [-0.2, -0.15) is 0 Å². The molecule has 2 aromatic heterocycles. The average molecular weight is 324 g/mol. The first-order valence-corrected chi connectivity index (χ1v) is 7.00. The Hall–Kier alpha value is -1.98. The van der Waals surface area contributed by atoms with Gasteiger partial charge < -0.3 is 9.47 Å². The van der Waals surface area contributed by atoms with Crippen LogP contribution < -0.4 is 9.47 Å². The highest BCUT2D eigenvalue weighted by molar-refractivity contribution is 6.33. The van der Waals surface area contributed by atoms with E-state index in [-0.39, 0.29) is 0 Å². The molecule has 3 aromatic rings. The molecule has 0 saturated heterocycles. The number of aromatic nitrogens is 3. The van der Waals surface area contributed by atoms with Gasteiger partial charge in [0.15, 0.2) is 5.65 Å². The highest BCUT2D eigenvalue weighted by atomic mass is 35.5. The van der Waals surface area contributed by atoms with E-state index in [4.69, 9.17) is 32.7 Å². The number of hydrogen-bond donors (Lipinski definition) is 0. The Labute approximate surface area is 131 Å². The van der Waals surface area contributed by atoms with Crippen molar-refractivity contribution in [3.8, 4) is 11.6 Å². The van der Waals surface area contributed by atoms with Gasteiger partial charge in [0, 0.05) is 12.1 Å². The summed E-state index contributed by atoms with van der Waals surface area (Å²) >= 11 is 11.8. The Bertz CT molecular complexity index is 747. The maximum Gasteiger partial charge on any atom is 0.235 e. The monoisotopic (exact) mass is 323 g/mol. The van der Waals surface area contributed by atoms with E-state index in [1.807, 2.05) is 30.3 Å². The van der Waals surface area contributed by atoms with Gasteiger partial charge in [-0.15, -0.1) is 5.10 Å². The normalized spacial score (nSPS) is 10.8. The molecule has 0 saturated carbocycles. The van der Waals surface area contributed by atoms with Gasteiger partial charge in [0.05, 0.1) is 0 Å². The summed E-state index contributed by atoms with van der Waals surface area (Å²) in [5.41, 5.74) is 0.534. The number of halogens is 2. The van der Waals surface area contributed by atoms with E-state index in [1.54, 1.807) is 6.07 Å². The molecule has 0 aliphatic rings. The summed E-state index contributed by atoms with van der Waals surface area (Å²) in [4.78, 5) is 4.10. The highest BCUT2D eigenvalue weighted by Crippen LogP contribution is 2.20. The predicted molar refractivity (Wildman–Crippen MR) is 80.4 cm³/mol. The molecule has 0 radical (unpaired) electrons. The van der Waals surface area contributed by atoms with Crippen LogP contribution in [-0.4, -0.2) is 27.8 Å². The van der Waals surface area contributed by atoms with Crippen molar-refractivity contribution in [1.29, 1.82) is 0 Å². The molecule has 0 bridgehead atoms. The lowest BCUT2D eigenvalue weighted by atomic mass is 10.3. The van der Waals surface area contributed by atoms with Crippen molar-refractivity contribution in [3.05, 3.63) is 52.8 Å². The molecule has 0 aliphatic heterocycles. The minimum Gasteiger partial charge on any atom is -0.490 e. The first-order chi connectivity index (χ1) is 10.2. The summed E-state index contributed by atoms with van der Waals surface area (Å²) in [6.07, 6.45) is 0. The zero-order chi connectivity index (χ0) is 14.7. The van der Waals surface area contributed by atoms with E-state index in [2.05, 4.69) is 10.1 Å². The lowest BCUT2D eigenvalue weighted by Crippen LogP contribution is -2.09. The number of fused-ring (bicyclic) bond motifs is 1. The van der Waals surface area contributed by atoms with Crippen molar-refractivity contribution < 1.29 is 9.47 Å². The maximum atomic E-state index is 6.01. The van der Waals surface area contributed by atoms with Crippen molar-refractivity contribution in [1.82, 2.24) is 14.6 Å². The standard InChI is InChI=1S/C14H11Cl2N3O2/c15-11-8-12(16)19-13(17-11)9-14(18-19)21-7-6-20-10-4-2-1-3-5-10/h1-5,8-9H,6-7H2. The molecular formula is C14H11Cl2N3O2. The van der Waals surface area contributed by atoms with Crippen molar-refractivity contribution in [2.24, 2.45) is 0 Å². The van der Waals surface area contributed by atoms with Crippen molar-refractivity contribution in [3.63, 3.8) is 0 Å². The highest BCUT2D eigenvalue weighted by Gasteiger charge is 2.08. The SMILES string of the molecule is Clc1cc(Cl)n2nc(OCCOc3ccccc3)cc2n1. The van der Waals surface area contributed by atoms with E-state index in [0.29, 0.717) is 35.0 Å². The van der Waals surface area contributed by atoms with Crippen LogP contribution in [0.15, 0.2) is 42.5 Å². The van der Waals surface area contributed by atoms with Crippen LogP contribution in [0.1, 0.15) is 0 Å². The topological polar surface area (TPSA) is 48.7 Å². The number of para-hydroxylation sites is 1. The first-order valence-electron chi connectivity index (χ1n) is 6.25. The van der Waals surface area contributed by atoms with E-state index < -0.39 is 0 Å². The van der Waals surface area contributed by atoms with Crippen molar-refractivity contribution in [2.45, 2.75) is 0 Å². The van der Waals surface area contributed by atoms with Crippen LogP contribution in [0, 0.1) is 0 Å². The molecular weight excluding hydrogens is 313 g/mol. The second-order valence-corrected chi connectivity index (χ2v) is 4.94. The van der Waals surface area contributed by atoms with Crippen molar-refractivity contribution in [2.75, 3.05) is 13.2 Å². The maximum absolute atomic E-state index is 6.01. The Morgan fingerprint density at radius 2 is 1.76 bits per heavy atom. The number of hydrogen-bond acceptors (Lipinski definition) is 4. The molecule has 0 unspecified atom stereocenters. The number of rotatable bonds is 5. The molecule has 1 aromatic carbocycles. The molecule has 0 atom stereocenters. The van der Waals surface area contributed by atoms with Gasteiger partial charge >= 0.3 is 0 Å². The summed E-state index contributed by atoms with van der Waals surface area (Å²) in [7, 11) is 0. The van der Waals surface area contributed by atoms with Gasteiger partial charge in [-0.05, 0) is 12.1 Å². The molecule has 7 heteroatoms. The fourth-order valence-electron chi connectivity index (χ4n) is 1.78. The van der Waals surface area contributed by atoms with Crippen LogP contribution in [0.2, 0.25) is 10.3 Å². The Kier molecular flexibility index (Phi) is 4.13. The van der Waals surface area contributed by atoms with Crippen LogP contribution in [0.5, 0.6) is 11.6 Å². The third-order valence-corrected chi connectivity index (χ3v) is 3.14. The lowest BCUT2D eigenvalue weighted by molar-refractivity contribution is 0.211. The molecule has 0 aliphatic carbocycles. The van der Waals surface area contributed by atoms with Crippen LogP contribution in [0.4, 0.5) is 0 Å². The Balaban J connectivity index is 1.59. The summed E-state index contributed by atoms with van der Waals surface area (Å²) in [5, 5.41) is 4.87. The molecule has 0 N–H and O–H groups in total. The summed E-state index contributed by atoms with van der Waals surface area (Å²) in [6.45, 7) is 0.782. The van der Waals surface area contributed by atoms with Gasteiger partial charge in [-0.3, -0.25) is 0 Å². The quantitative estimate of drug-likeness (QED) is 0.532. The molecule has 0 fully saturated rings. The summed E-state index contributed by atoms with van der Waals surface area (Å²) in [5.74, 6) is 1.22. The predicted octanol–water partition coefficient (Wildman–Crippen LogP) is 3.49. The van der Waals surface area contributed by atoms with Crippen LogP contribution in [0.25, 0.3) is 5.65 Å². The molecule has 5 nitrogen and oxygen atoms in total. The third-order valence-electron chi connectivity index (χ3n) is 2.68. The number of benzene rings is 1. The molecule has 108 valence electrons. The summed E-state index contributed by atoms with van der Waals surface area (Å²) in [6, 6.07) is 12.7. The first kappa shape index (κ1) is 14.0. The molecule has 2 heterocycles. The van der Waals surface area contributed by atoms with E-state index >= 15 is 0 Å². The van der Waals surface area contributed by atoms with Gasteiger partial charge in [-0.25, -0.2) is 9.50 Å². The van der Waals surface area contributed by atoms with Crippen LogP contribution in [0.3, 0.4) is 0 Å². The van der Waals surface area contributed by atoms with E-state index in [1.165, 1.54) is 10.6 Å². The average Bonchev–Trinajstić information content (AvgIpc) is 2.88. The Morgan fingerprint density at radius 1 is 1.00 bits per heavy atom. The van der Waals surface area contributed by atoms with Gasteiger partial charge in [0.25, 0.3) is 0 Å². The fraction of sp³-hybridized carbons (Fsp3) is 0.143. The zero-order valence-electron chi connectivity index (χ0n) is 10.9. The minimum absolute atomic E-state index is 0.311. The van der Waals surface area contributed by atoms with Crippen molar-refractivity contribution >= 4 is 28.8 Å². The summed E-state index contributed by atoms with van der Waals surface area (Å²) < 4.78 is 12.5. The second kappa shape index (κ2) is 6.20. The molecule has 21 heavy (non-hydrogen) atoms. The molecule has 0 spiro atoms. The molecule has 0 amide bonds. The Morgan fingerprint density at radius 3 is 2.57 bits per heavy atom.